The van der Waals surface area contributed by atoms with Crippen LogP contribution in [-0.4, -0.2) is 11.1 Å². The van der Waals surface area contributed by atoms with E-state index in [0.29, 0.717) is 5.92 Å². The molecule has 15 heavy (non-hydrogen) atoms. The number of benzene rings is 1. The monoisotopic (exact) mass is 204 g/mol. The highest BCUT2D eigenvalue weighted by Crippen LogP contribution is 2.32. The molecular formula is C13H16O2. The lowest BCUT2D eigenvalue weighted by atomic mass is 9.88. The van der Waals surface area contributed by atoms with E-state index in [1.165, 1.54) is 11.1 Å². The van der Waals surface area contributed by atoms with Gasteiger partial charge in [0.1, 0.15) is 0 Å². The van der Waals surface area contributed by atoms with Gasteiger partial charge in [-0.25, -0.2) is 0 Å². The van der Waals surface area contributed by atoms with Gasteiger partial charge in [-0.3, -0.25) is 4.79 Å². The first kappa shape index (κ1) is 10.2. The minimum Gasteiger partial charge on any atom is -0.481 e. The summed E-state index contributed by atoms with van der Waals surface area (Å²) in [5.74, 6) is -0.530. The van der Waals surface area contributed by atoms with Crippen molar-refractivity contribution in [3.05, 3.63) is 35.4 Å². The molecule has 0 saturated heterocycles. The molecule has 1 N–H and O–H groups in total. The van der Waals surface area contributed by atoms with Crippen molar-refractivity contribution in [2.24, 2.45) is 11.8 Å². The van der Waals surface area contributed by atoms with Gasteiger partial charge in [0.05, 0.1) is 5.92 Å². The van der Waals surface area contributed by atoms with E-state index in [-0.39, 0.29) is 5.92 Å². The van der Waals surface area contributed by atoms with Gasteiger partial charge in [0.15, 0.2) is 0 Å². The second kappa shape index (κ2) is 4.05. The molecule has 2 nitrogen and oxygen atoms in total. The van der Waals surface area contributed by atoms with Crippen LogP contribution in [-0.2, 0) is 17.6 Å². The van der Waals surface area contributed by atoms with Crippen LogP contribution in [0.2, 0.25) is 0 Å². The molecule has 0 radical (unpaired) electrons. The third-order valence-corrected chi connectivity index (χ3v) is 3.41. The number of carbonyl (C=O) groups is 1. The highest BCUT2D eigenvalue weighted by molar-refractivity contribution is 5.70. The molecule has 80 valence electrons. The lowest BCUT2D eigenvalue weighted by Crippen LogP contribution is -2.23. The Balaban J connectivity index is 2.15. The fourth-order valence-corrected chi connectivity index (χ4v) is 2.59. The number of carboxylic acids is 1. The van der Waals surface area contributed by atoms with Crippen LogP contribution >= 0.6 is 0 Å². The zero-order valence-corrected chi connectivity index (χ0v) is 8.94. The van der Waals surface area contributed by atoms with Gasteiger partial charge in [0.25, 0.3) is 0 Å². The Kier molecular flexibility index (Phi) is 2.76. The summed E-state index contributed by atoms with van der Waals surface area (Å²) in [4.78, 5) is 11.1. The highest BCUT2D eigenvalue weighted by atomic mass is 16.4. The van der Waals surface area contributed by atoms with Crippen molar-refractivity contribution in [3.8, 4) is 0 Å². The van der Waals surface area contributed by atoms with Crippen molar-refractivity contribution in [2.75, 3.05) is 0 Å². The Labute approximate surface area is 89.9 Å². The molecule has 1 atom stereocenters. The summed E-state index contributed by atoms with van der Waals surface area (Å²) in [7, 11) is 0. The molecule has 0 heterocycles. The maximum Gasteiger partial charge on any atom is 0.306 e. The summed E-state index contributed by atoms with van der Waals surface area (Å²) in [6, 6.07) is 8.29. The van der Waals surface area contributed by atoms with E-state index in [0.717, 1.165) is 19.3 Å². The maximum absolute atomic E-state index is 11.1. The van der Waals surface area contributed by atoms with Crippen LogP contribution < -0.4 is 0 Å². The van der Waals surface area contributed by atoms with Crippen molar-refractivity contribution in [3.63, 3.8) is 0 Å². The van der Waals surface area contributed by atoms with Crippen LogP contribution in [0.1, 0.15) is 24.5 Å². The van der Waals surface area contributed by atoms with Gasteiger partial charge in [0, 0.05) is 0 Å². The molecule has 2 heteroatoms. The molecular weight excluding hydrogens is 188 g/mol. The van der Waals surface area contributed by atoms with Crippen LogP contribution in [0.3, 0.4) is 0 Å². The first-order valence-electron chi connectivity index (χ1n) is 5.52. The topological polar surface area (TPSA) is 37.3 Å². The largest absolute Gasteiger partial charge is 0.481 e. The Bertz CT molecular complexity index is 346. The quantitative estimate of drug-likeness (QED) is 0.821. The number of aliphatic carboxylic acids is 1. The standard InChI is InChI=1S/C13H16O2/c1-2-12(13(14)15)11-7-9-5-3-4-6-10(9)8-11/h3-6,11-12H,2,7-8H2,1H3,(H,14,15). The summed E-state index contributed by atoms with van der Waals surface area (Å²) in [5, 5.41) is 9.11. The first-order chi connectivity index (χ1) is 7.22. The van der Waals surface area contributed by atoms with E-state index < -0.39 is 5.97 Å². The number of hydrogen-bond acceptors (Lipinski definition) is 1. The Morgan fingerprint density at radius 2 is 1.93 bits per heavy atom. The van der Waals surface area contributed by atoms with Gasteiger partial charge >= 0.3 is 5.97 Å². The van der Waals surface area contributed by atoms with Crippen LogP contribution in [0.15, 0.2) is 24.3 Å². The van der Waals surface area contributed by atoms with Crippen molar-refractivity contribution in [1.29, 1.82) is 0 Å². The highest BCUT2D eigenvalue weighted by Gasteiger charge is 2.31. The molecule has 0 amide bonds. The molecule has 1 aromatic carbocycles. The van der Waals surface area contributed by atoms with E-state index in [1.54, 1.807) is 0 Å². The molecule has 2 rings (SSSR count). The summed E-state index contributed by atoms with van der Waals surface area (Å²) in [6.07, 6.45) is 2.59. The Morgan fingerprint density at radius 3 is 2.33 bits per heavy atom. The molecule has 0 aliphatic heterocycles. The lowest BCUT2D eigenvalue weighted by Gasteiger charge is -2.16. The van der Waals surface area contributed by atoms with Gasteiger partial charge in [-0.2, -0.15) is 0 Å². The lowest BCUT2D eigenvalue weighted by molar-refractivity contribution is -0.143. The molecule has 1 aromatic rings. The van der Waals surface area contributed by atoms with Gasteiger partial charge in [-0.05, 0) is 36.3 Å². The summed E-state index contributed by atoms with van der Waals surface area (Å²) in [6.45, 7) is 1.96. The molecule has 0 spiro atoms. The molecule has 0 fully saturated rings. The molecule has 0 bridgehead atoms. The van der Waals surface area contributed by atoms with Gasteiger partial charge in [-0.1, -0.05) is 31.2 Å². The number of hydrogen-bond donors (Lipinski definition) is 1. The average Bonchev–Trinajstić information content (AvgIpc) is 2.61. The third kappa shape index (κ3) is 1.89. The minimum absolute atomic E-state index is 0.183. The number of fused-ring (bicyclic) bond motifs is 1. The van der Waals surface area contributed by atoms with Crippen molar-refractivity contribution < 1.29 is 9.90 Å². The SMILES string of the molecule is CCC(C(=O)O)C1Cc2ccccc2C1. The Hall–Kier alpha value is -1.31. The van der Waals surface area contributed by atoms with Crippen molar-refractivity contribution in [2.45, 2.75) is 26.2 Å². The predicted octanol–water partition coefficient (Wildman–Crippen LogP) is 2.51. The Morgan fingerprint density at radius 1 is 1.40 bits per heavy atom. The van der Waals surface area contributed by atoms with Gasteiger partial charge < -0.3 is 5.11 Å². The fourth-order valence-electron chi connectivity index (χ4n) is 2.59. The number of rotatable bonds is 3. The molecule has 1 unspecified atom stereocenters. The minimum atomic E-state index is -0.643. The molecule has 1 aliphatic rings. The number of carboxylic acid groups (broad SMARTS) is 1. The van der Waals surface area contributed by atoms with Crippen molar-refractivity contribution >= 4 is 5.97 Å². The summed E-state index contributed by atoms with van der Waals surface area (Å²) < 4.78 is 0. The van der Waals surface area contributed by atoms with Crippen molar-refractivity contribution in [1.82, 2.24) is 0 Å². The van der Waals surface area contributed by atoms with E-state index in [9.17, 15) is 4.79 Å². The zero-order chi connectivity index (χ0) is 10.8. The zero-order valence-electron chi connectivity index (χ0n) is 8.94. The van der Waals surface area contributed by atoms with Gasteiger partial charge in [-0.15, -0.1) is 0 Å². The maximum atomic E-state index is 11.1. The van der Waals surface area contributed by atoms with E-state index in [2.05, 4.69) is 12.1 Å². The van der Waals surface area contributed by atoms with Gasteiger partial charge in [0.2, 0.25) is 0 Å². The van der Waals surface area contributed by atoms with Crippen LogP contribution in [0, 0.1) is 11.8 Å². The third-order valence-electron chi connectivity index (χ3n) is 3.41. The van der Waals surface area contributed by atoms with E-state index >= 15 is 0 Å². The normalized spacial score (nSPS) is 17.4. The molecule has 1 aliphatic carbocycles. The summed E-state index contributed by atoms with van der Waals surface area (Å²) in [5.41, 5.74) is 2.67. The second-order valence-electron chi connectivity index (χ2n) is 4.29. The van der Waals surface area contributed by atoms with Crippen LogP contribution in [0.25, 0.3) is 0 Å². The predicted molar refractivity (Wildman–Crippen MR) is 58.8 cm³/mol. The molecule has 0 saturated carbocycles. The second-order valence-corrected chi connectivity index (χ2v) is 4.29. The van der Waals surface area contributed by atoms with E-state index in [1.807, 2.05) is 19.1 Å². The average molecular weight is 204 g/mol. The van der Waals surface area contributed by atoms with Crippen LogP contribution in [0.5, 0.6) is 0 Å². The first-order valence-corrected chi connectivity index (χ1v) is 5.52. The fraction of sp³-hybridized carbons (Fsp3) is 0.462. The summed E-state index contributed by atoms with van der Waals surface area (Å²) >= 11 is 0. The molecule has 0 aromatic heterocycles. The van der Waals surface area contributed by atoms with Crippen LogP contribution in [0.4, 0.5) is 0 Å². The van der Waals surface area contributed by atoms with E-state index in [4.69, 9.17) is 5.11 Å². The smallest absolute Gasteiger partial charge is 0.306 e.